The van der Waals surface area contributed by atoms with Gasteiger partial charge in [0, 0.05) is 18.4 Å². The van der Waals surface area contributed by atoms with Crippen molar-refractivity contribution in [1.82, 2.24) is 10.3 Å². The van der Waals surface area contributed by atoms with Gasteiger partial charge in [-0.2, -0.15) is 0 Å². The van der Waals surface area contributed by atoms with Gasteiger partial charge in [-0.25, -0.2) is 4.79 Å². The molecule has 0 atom stereocenters. The Morgan fingerprint density at radius 2 is 1.71 bits per heavy atom. The van der Waals surface area contributed by atoms with E-state index in [2.05, 4.69) is 15.6 Å². The fraction of sp³-hybridized carbons (Fsp3) is 0.136. The van der Waals surface area contributed by atoms with E-state index in [4.69, 9.17) is 4.74 Å². The molecular formula is C22H21N3O3. The summed E-state index contributed by atoms with van der Waals surface area (Å²) < 4.78 is 4.73. The zero-order valence-corrected chi connectivity index (χ0v) is 15.5. The number of nitrogens with zero attached hydrogens (tertiary/aromatic N) is 1. The standard InChI is InChI=1S/C22H21N3O3/c1-28-22(27)17-8-5-9-19(12-17)25-20-13-18(14-23-15-20)21(26)24-11-10-16-6-3-2-4-7-16/h2-9,12-15,25H,10-11H2,1H3,(H,24,26). The number of esters is 1. The number of methoxy groups -OCH3 is 1. The molecule has 6 nitrogen and oxygen atoms in total. The van der Waals surface area contributed by atoms with Crippen LogP contribution in [-0.2, 0) is 11.2 Å². The molecule has 0 aliphatic heterocycles. The van der Waals surface area contributed by atoms with Gasteiger partial charge in [-0.15, -0.1) is 0 Å². The highest BCUT2D eigenvalue weighted by Gasteiger charge is 2.09. The molecular weight excluding hydrogens is 354 g/mol. The number of anilines is 2. The Kier molecular flexibility index (Phi) is 6.36. The van der Waals surface area contributed by atoms with Crippen LogP contribution in [0.5, 0.6) is 0 Å². The molecule has 0 unspecified atom stereocenters. The van der Waals surface area contributed by atoms with E-state index in [9.17, 15) is 9.59 Å². The van der Waals surface area contributed by atoms with E-state index in [0.717, 1.165) is 6.42 Å². The number of pyridine rings is 1. The fourth-order valence-electron chi connectivity index (χ4n) is 2.71. The molecule has 2 N–H and O–H groups in total. The highest BCUT2D eigenvalue weighted by atomic mass is 16.5. The quantitative estimate of drug-likeness (QED) is 0.617. The van der Waals surface area contributed by atoms with Crippen molar-refractivity contribution < 1.29 is 14.3 Å². The van der Waals surface area contributed by atoms with E-state index < -0.39 is 5.97 Å². The number of ether oxygens (including phenoxy) is 1. The van der Waals surface area contributed by atoms with E-state index in [-0.39, 0.29) is 5.91 Å². The molecule has 6 heteroatoms. The number of carbonyl (C=O) groups is 2. The summed E-state index contributed by atoms with van der Waals surface area (Å²) in [6, 6.07) is 18.6. The molecule has 0 fully saturated rings. The molecule has 0 bridgehead atoms. The lowest BCUT2D eigenvalue weighted by molar-refractivity contribution is 0.0600. The Bertz CT molecular complexity index is 958. The van der Waals surface area contributed by atoms with Gasteiger partial charge in [-0.05, 0) is 36.2 Å². The Morgan fingerprint density at radius 3 is 2.50 bits per heavy atom. The molecule has 28 heavy (non-hydrogen) atoms. The Hall–Kier alpha value is -3.67. The van der Waals surface area contributed by atoms with Crippen LogP contribution in [0.4, 0.5) is 11.4 Å². The normalized spacial score (nSPS) is 10.2. The molecule has 2 aromatic carbocycles. The zero-order valence-electron chi connectivity index (χ0n) is 15.5. The number of hydrogen-bond acceptors (Lipinski definition) is 5. The molecule has 142 valence electrons. The molecule has 0 aliphatic rings. The number of nitrogens with one attached hydrogen (secondary N) is 2. The lowest BCUT2D eigenvalue weighted by Crippen LogP contribution is -2.25. The average Bonchev–Trinajstić information content (AvgIpc) is 2.74. The maximum Gasteiger partial charge on any atom is 0.337 e. The van der Waals surface area contributed by atoms with Crippen molar-refractivity contribution in [2.75, 3.05) is 19.0 Å². The van der Waals surface area contributed by atoms with Crippen molar-refractivity contribution >= 4 is 23.3 Å². The van der Waals surface area contributed by atoms with Crippen LogP contribution in [-0.4, -0.2) is 30.5 Å². The van der Waals surface area contributed by atoms with Gasteiger partial charge in [-0.3, -0.25) is 9.78 Å². The first-order valence-electron chi connectivity index (χ1n) is 8.88. The van der Waals surface area contributed by atoms with Crippen molar-refractivity contribution in [2.24, 2.45) is 0 Å². The molecule has 1 aromatic heterocycles. The van der Waals surface area contributed by atoms with Crippen molar-refractivity contribution in [1.29, 1.82) is 0 Å². The smallest absolute Gasteiger partial charge is 0.337 e. The fourth-order valence-corrected chi connectivity index (χ4v) is 2.71. The van der Waals surface area contributed by atoms with Gasteiger partial charge >= 0.3 is 5.97 Å². The maximum atomic E-state index is 12.4. The maximum absolute atomic E-state index is 12.4. The molecule has 0 aliphatic carbocycles. The third-order valence-electron chi connectivity index (χ3n) is 4.11. The molecule has 1 heterocycles. The molecule has 0 radical (unpaired) electrons. The van der Waals surface area contributed by atoms with Crippen molar-refractivity contribution in [3.05, 3.63) is 89.7 Å². The first-order valence-corrected chi connectivity index (χ1v) is 8.88. The second-order valence-electron chi connectivity index (χ2n) is 6.15. The summed E-state index contributed by atoms with van der Waals surface area (Å²) in [5.41, 5.74) is 3.42. The minimum absolute atomic E-state index is 0.185. The van der Waals surface area contributed by atoms with Crippen LogP contribution >= 0.6 is 0 Å². The predicted octanol–water partition coefficient (Wildman–Crippen LogP) is 3.58. The van der Waals surface area contributed by atoms with Crippen LogP contribution in [0.3, 0.4) is 0 Å². The van der Waals surface area contributed by atoms with Gasteiger partial charge < -0.3 is 15.4 Å². The number of rotatable bonds is 7. The van der Waals surface area contributed by atoms with Gasteiger partial charge in [-0.1, -0.05) is 36.4 Å². The van der Waals surface area contributed by atoms with Gasteiger partial charge in [0.25, 0.3) is 5.91 Å². The minimum Gasteiger partial charge on any atom is -0.465 e. The van der Waals surface area contributed by atoms with E-state index in [0.29, 0.717) is 29.0 Å². The molecule has 1 amide bonds. The summed E-state index contributed by atoms with van der Waals surface area (Å²) in [5.74, 6) is -0.594. The van der Waals surface area contributed by atoms with E-state index in [1.165, 1.54) is 18.9 Å². The topological polar surface area (TPSA) is 80.3 Å². The zero-order chi connectivity index (χ0) is 19.8. The van der Waals surface area contributed by atoms with Gasteiger partial charge in [0.05, 0.1) is 30.1 Å². The third kappa shape index (κ3) is 5.17. The average molecular weight is 375 g/mol. The van der Waals surface area contributed by atoms with Gasteiger partial charge in [0.1, 0.15) is 0 Å². The monoisotopic (exact) mass is 375 g/mol. The number of benzene rings is 2. The van der Waals surface area contributed by atoms with Crippen molar-refractivity contribution in [3.8, 4) is 0 Å². The van der Waals surface area contributed by atoms with Crippen LogP contribution in [0.15, 0.2) is 73.1 Å². The summed E-state index contributed by atoms with van der Waals surface area (Å²) in [4.78, 5) is 28.2. The second kappa shape index (κ2) is 9.32. The number of carbonyl (C=O) groups excluding carboxylic acids is 2. The second-order valence-corrected chi connectivity index (χ2v) is 6.15. The number of hydrogen-bond donors (Lipinski definition) is 2. The third-order valence-corrected chi connectivity index (χ3v) is 4.11. The van der Waals surface area contributed by atoms with Crippen LogP contribution in [0.2, 0.25) is 0 Å². The summed E-state index contributed by atoms with van der Waals surface area (Å²) in [5, 5.41) is 6.05. The van der Waals surface area contributed by atoms with E-state index >= 15 is 0 Å². The summed E-state index contributed by atoms with van der Waals surface area (Å²) >= 11 is 0. The van der Waals surface area contributed by atoms with Crippen molar-refractivity contribution in [3.63, 3.8) is 0 Å². The van der Waals surface area contributed by atoms with Crippen LogP contribution in [0, 0.1) is 0 Å². The highest BCUT2D eigenvalue weighted by Crippen LogP contribution is 2.18. The van der Waals surface area contributed by atoms with Crippen molar-refractivity contribution in [2.45, 2.75) is 6.42 Å². The molecule has 0 spiro atoms. The highest BCUT2D eigenvalue weighted by molar-refractivity contribution is 5.95. The first kappa shape index (κ1) is 19.1. The molecule has 3 aromatic rings. The lowest BCUT2D eigenvalue weighted by Gasteiger charge is -2.10. The first-order chi connectivity index (χ1) is 13.7. The molecule has 0 saturated carbocycles. The summed E-state index contributed by atoms with van der Waals surface area (Å²) in [6.07, 6.45) is 3.90. The van der Waals surface area contributed by atoms with Gasteiger partial charge in [0.15, 0.2) is 0 Å². The van der Waals surface area contributed by atoms with Gasteiger partial charge in [0.2, 0.25) is 0 Å². The van der Waals surface area contributed by atoms with E-state index in [1.807, 2.05) is 36.4 Å². The summed E-state index contributed by atoms with van der Waals surface area (Å²) in [6.45, 7) is 0.543. The Morgan fingerprint density at radius 1 is 0.929 bits per heavy atom. The van der Waals surface area contributed by atoms with Crippen LogP contribution in [0.1, 0.15) is 26.3 Å². The molecule has 0 saturated heterocycles. The van der Waals surface area contributed by atoms with Crippen LogP contribution < -0.4 is 10.6 Å². The summed E-state index contributed by atoms with van der Waals surface area (Å²) in [7, 11) is 1.34. The Balaban J connectivity index is 1.62. The number of aromatic nitrogens is 1. The van der Waals surface area contributed by atoms with E-state index in [1.54, 1.807) is 30.5 Å². The largest absolute Gasteiger partial charge is 0.465 e. The predicted molar refractivity (Wildman–Crippen MR) is 108 cm³/mol. The number of amides is 1. The lowest BCUT2D eigenvalue weighted by atomic mass is 10.1. The SMILES string of the molecule is COC(=O)c1cccc(Nc2cncc(C(=O)NCCc3ccccc3)c2)c1. The molecule has 3 rings (SSSR count). The van der Waals surface area contributed by atoms with Crippen LogP contribution in [0.25, 0.3) is 0 Å². The minimum atomic E-state index is -0.409. The Labute approximate surface area is 163 Å².